The molecule has 4 heteroatoms. The summed E-state index contributed by atoms with van der Waals surface area (Å²) in [6.45, 7) is 2.62. The maximum Gasteiger partial charge on any atom is 0.340 e. The van der Waals surface area contributed by atoms with E-state index in [1.807, 2.05) is 0 Å². The third-order valence-corrected chi connectivity index (χ3v) is 2.95. The molecule has 0 fully saturated rings. The number of hydrogen-bond donors (Lipinski definition) is 1. The molecule has 0 heterocycles. The van der Waals surface area contributed by atoms with Gasteiger partial charge in [0.05, 0.1) is 12.2 Å². The minimum atomic E-state index is -0.375. The second-order valence-electron chi connectivity index (χ2n) is 4.28. The van der Waals surface area contributed by atoms with Gasteiger partial charge in [-0.05, 0) is 24.6 Å². The van der Waals surface area contributed by atoms with Gasteiger partial charge < -0.3 is 10.5 Å². The Morgan fingerprint density at radius 3 is 2.67 bits per heavy atom. The molecule has 0 aromatic heterocycles. The third-order valence-electron chi connectivity index (χ3n) is 2.71. The number of ether oxygens (including phenoxy) is 1. The highest BCUT2D eigenvalue weighted by Gasteiger charge is 2.10. The molecule has 0 saturated carbocycles. The van der Waals surface area contributed by atoms with Crippen molar-refractivity contribution in [3.63, 3.8) is 0 Å². The Hall–Kier alpha value is -1.22. The van der Waals surface area contributed by atoms with Crippen LogP contribution in [0.5, 0.6) is 0 Å². The average molecular weight is 270 g/mol. The van der Waals surface area contributed by atoms with E-state index in [4.69, 9.17) is 22.1 Å². The Balaban J connectivity index is 2.32. The van der Waals surface area contributed by atoms with Crippen molar-refractivity contribution in [1.29, 1.82) is 0 Å². The van der Waals surface area contributed by atoms with Crippen molar-refractivity contribution in [3.05, 3.63) is 28.8 Å². The van der Waals surface area contributed by atoms with Crippen LogP contribution in [-0.4, -0.2) is 12.6 Å². The van der Waals surface area contributed by atoms with Crippen LogP contribution < -0.4 is 5.73 Å². The van der Waals surface area contributed by atoms with Gasteiger partial charge in [-0.15, -0.1) is 0 Å². The number of unbranched alkanes of at least 4 members (excludes halogenated alkanes) is 4. The van der Waals surface area contributed by atoms with Gasteiger partial charge in [0.15, 0.2) is 0 Å². The number of rotatable bonds is 7. The van der Waals surface area contributed by atoms with Gasteiger partial charge in [-0.1, -0.05) is 44.2 Å². The maximum absolute atomic E-state index is 11.7. The van der Waals surface area contributed by atoms with Crippen molar-refractivity contribution in [3.8, 4) is 0 Å². The lowest BCUT2D eigenvalue weighted by Crippen LogP contribution is -2.09. The standard InChI is InChI=1S/C14H20ClNO2/c1-2-3-4-5-6-9-18-14(17)12-8-7-11(15)10-13(12)16/h7-8,10H,2-6,9,16H2,1H3. The zero-order valence-electron chi connectivity index (χ0n) is 10.7. The minimum absolute atomic E-state index is 0.360. The van der Waals surface area contributed by atoms with Gasteiger partial charge in [0, 0.05) is 10.7 Å². The topological polar surface area (TPSA) is 52.3 Å². The van der Waals surface area contributed by atoms with Gasteiger partial charge >= 0.3 is 5.97 Å². The van der Waals surface area contributed by atoms with Gasteiger partial charge in [-0.2, -0.15) is 0 Å². The van der Waals surface area contributed by atoms with E-state index in [-0.39, 0.29) is 5.97 Å². The van der Waals surface area contributed by atoms with Crippen LogP contribution in [0.3, 0.4) is 0 Å². The number of esters is 1. The highest BCUT2D eigenvalue weighted by atomic mass is 35.5. The van der Waals surface area contributed by atoms with Crippen molar-refractivity contribution in [1.82, 2.24) is 0 Å². The van der Waals surface area contributed by atoms with E-state index in [1.54, 1.807) is 18.2 Å². The molecule has 0 aliphatic rings. The lowest BCUT2D eigenvalue weighted by molar-refractivity contribution is 0.0499. The molecule has 1 aromatic rings. The summed E-state index contributed by atoms with van der Waals surface area (Å²) in [5.41, 5.74) is 6.45. The average Bonchev–Trinajstić information content (AvgIpc) is 2.33. The second-order valence-corrected chi connectivity index (χ2v) is 4.72. The SMILES string of the molecule is CCCCCCCOC(=O)c1ccc(Cl)cc1N. The van der Waals surface area contributed by atoms with Crippen molar-refractivity contribution >= 4 is 23.3 Å². The zero-order chi connectivity index (χ0) is 13.4. The van der Waals surface area contributed by atoms with Crippen LogP contribution in [0.25, 0.3) is 0 Å². The Morgan fingerprint density at radius 2 is 2.00 bits per heavy atom. The third kappa shape index (κ3) is 4.96. The van der Waals surface area contributed by atoms with Gasteiger partial charge in [-0.3, -0.25) is 0 Å². The first-order chi connectivity index (χ1) is 8.65. The van der Waals surface area contributed by atoms with E-state index >= 15 is 0 Å². The summed E-state index contributed by atoms with van der Waals surface area (Å²) in [7, 11) is 0. The molecular formula is C14H20ClNO2. The molecule has 2 N–H and O–H groups in total. The minimum Gasteiger partial charge on any atom is -0.462 e. The van der Waals surface area contributed by atoms with Crippen LogP contribution in [0.2, 0.25) is 5.02 Å². The summed E-state index contributed by atoms with van der Waals surface area (Å²) in [6.07, 6.45) is 5.63. The number of anilines is 1. The Bertz CT molecular complexity index is 393. The molecular weight excluding hydrogens is 250 g/mol. The molecule has 100 valence electrons. The van der Waals surface area contributed by atoms with Crippen molar-refractivity contribution in [2.24, 2.45) is 0 Å². The molecule has 1 rings (SSSR count). The van der Waals surface area contributed by atoms with Gasteiger partial charge in [-0.25, -0.2) is 4.79 Å². The molecule has 0 spiro atoms. The normalized spacial score (nSPS) is 10.3. The van der Waals surface area contributed by atoms with E-state index in [2.05, 4.69) is 6.92 Å². The molecule has 3 nitrogen and oxygen atoms in total. The van der Waals surface area contributed by atoms with E-state index in [1.165, 1.54) is 19.3 Å². The molecule has 0 amide bonds. The first kappa shape index (κ1) is 14.8. The molecule has 0 aliphatic carbocycles. The molecule has 0 radical (unpaired) electrons. The number of benzene rings is 1. The first-order valence-corrected chi connectivity index (χ1v) is 6.75. The van der Waals surface area contributed by atoms with Crippen LogP contribution in [0.15, 0.2) is 18.2 Å². The maximum atomic E-state index is 11.7. The van der Waals surface area contributed by atoms with E-state index in [0.717, 1.165) is 12.8 Å². The number of nitrogens with two attached hydrogens (primary N) is 1. The van der Waals surface area contributed by atoms with Gasteiger partial charge in [0.1, 0.15) is 0 Å². The summed E-state index contributed by atoms with van der Waals surface area (Å²) in [4.78, 5) is 11.7. The Kier molecular flexibility index (Phi) is 6.58. The van der Waals surface area contributed by atoms with Crippen LogP contribution in [0.1, 0.15) is 49.4 Å². The zero-order valence-corrected chi connectivity index (χ0v) is 11.5. The van der Waals surface area contributed by atoms with Crippen LogP contribution in [-0.2, 0) is 4.74 Å². The second kappa shape index (κ2) is 7.98. The van der Waals surface area contributed by atoms with Crippen molar-refractivity contribution in [2.45, 2.75) is 39.0 Å². The highest BCUT2D eigenvalue weighted by Crippen LogP contribution is 2.18. The predicted molar refractivity (Wildman–Crippen MR) is 74.9 cm³/mol. The lowest BCUT2D eigenvalue weighted by atomic mass is 10.1. The first-order valence-electron chi connectivity index (χ1n) is 6.37. The summed E-state index contributed by atoms with van der Waals surface area (Å²) in [6, 6.07) is 4.78. The van der Waals surface area contributed by atoms with Crippen molar-refractivity contribution < 1.29 is 9.53 Å². The highest BCUT2D eigenvalue weighted by molar-refractivity contribution is 6.31. The van der Waals surface area contributed by atoms with Crippen molar-refractivity contribution in [2.75, 3.05) is 12.3 Å². The largest absolute Gasteiger partial charge is 0.462 e. The fraction of sp³-hybridized carbons (Fsp3) is 0.500. The molecule has 0 unspecified atom stereocenters. The van der Waals surface area contributed by atoms with Crippen LogP contribution >= 0.6 is 11.6 Å². The summed E-state index contributed by atoms with van der Waals surface area (Å²) in [5.74, 6) is -0.375. The Labute approximate surface area is 113 Å². The smallest absolute Gasteiger partial charge is 0.340 e. The van der Waals surface area contributed by atoms with E-state index in [9.17, 15) is 4.79 Å². The number of halogens is 1. The van der Waals surface area contributed by atoms with Gasteiger partial charge in [0.2, 0.25) is 0 Å². The summed E-state index contributed by atoms with van der Waals surface area (Å²) >= 11 is 5.76. The number of carbonyl (C=O) groups excluding carboxylic acids is 1. The Morgan fingerprint density at radius 1 is 1.28 bits per heavy atom. The fourth-order valence-corrected chi connectivity index (χ4v) is 1.85. The van der Waals surface area contributed by atoms with Gasteiger partial charge in [0.25, 0.3) is 0 Å². The summed E-state index contributed by atoms with van der Waals surface area (Å²) in [5, 5.41) is 0.517. The molecule has 0 saturated heterocycles. The quantitative estimate of drug-likeness (QED) is 0.462. The molecule has 0 atom stereocenters. The van der Waals surface area contributed by atoms with Crippen LogP contribution in [0.4, 0.5) is 5.69 Å². The fourth-order valence-electron chi connectivity index (χ4n) is 1.67. The number of carbonyl (C=O) groups is 1. The molecule has 0 aliphatic heterocycles. The lowest BCUT2D eigenvalue weighted by Gasteiger charge is -2.07. The van der Waals surface area contributed by atoms with E-state index < -0.39 is 0 Å². The molecule has 1 aromatic carbocycles. The monoisotopic (exact) mass is 269 g/mol. The van der Waals surface area contributed by atoms with E-state index in [0.29, 0.717) is 22.9 Å². The number of nitrogen functional groups attached to an aromatic ring is 1. The van der Waals surface area contributed by atoms with Crippen LogP contribution in [0, 0.1) is 0 Å². The molecule has 0 bridgehead atoms. The summed E-state index contributed by atoms with van der Waals surface area (Å²) < 4.78 is 5.17. The molecule has 18 heavy (non-hydrogen) atoms. The predicted octanol–water partition coefficient (Wildman–Crippen LogP) is 4.05. The number of hydrogen-bond acceptors (Lipinski definition) is 3.